The van der Waals surface area contributed by atoms with E-state index < -0.39 is 21.3 Å². The molecule has 6 heteroatoms. The van der Waals surface area contributed by atoms with Crippen LogP contribution in [0.5, 0.6) is 0 Å². The van der Waals surface area contributed by atoms with Crippen molar-refractivity contribution in [2.45, 2.75) is 138 Å². The van der Waals surface area contributed by atoms with Crippen LogP contribution in [0.2, 0.25) is 0 Å². The Morgan fingerprint density at radius 2 is 1.16 bits per heavy atom. The second kappa shape index (κ2) is 12.1. The first kappa shape index (κ1) is 37.2. The molecular weight excluding hydrogens is 679 g/mol. The lowest BCUT2D eigenvalue weighted by atomic mass is 9.70. The van der Waals surface area contributed by atoms with E-state index in [1.54, 1.807) is 18.3 Å². The highest BCUT2D eigenvalue weighted by Gasteiger charge is 2.64. The first-order chi connectivity index (χ1) is 19.6. The molecule has 2 aliphatic carbocycles. The fourth-order valence-electron chi connectivity index (χ4n) is 7.50. The van der Waals surface area contributed by atoms with E-state index in [0.717, 1.165) is 6.42 Å². The van der Waals surface area contributed by atoms with Crippen molar-refractivity contribution in [3.63, 3.8) is 0 Å². The number of hydrogen-bond donors (Lipinski definition) is 0. The maximum Gasteiger partial charge on any atom is 0.358 e. The van der Waals surface area contributed by atoms with Crippen molar-refractivity contribution in [2.75, 3.05) is 5.75 Å². The van der Waals surface area contributed by atoms with E-state index in [9.17, 15) is 17.8 Å². The summed E-state index contributed by atoms with van der Waals surface area (Å²) in [5.74, 6) is -0.280. The van der Waals surface area contributed by atoms with Crippen LogP contribution < -0.4 is 21.2 Å². The molecule has 2 aliphatic rings. The van der Waals surface area contributed by atoms with Gasteiger partial charge in [-0.15, -0.1) is 0 Å². The van der Waals surface area contributed by atoms with E-state index in [1.807, 2.05) is 13.8 Å². The number of carbonyl (C=O) groups excluding carboxylic acids is 1. The number of rotatable bonds is 4. The van der Waals surface area contributed by atoms with Crippen LogP contribution in [-0.4, -0.2) is 24.5 Å². The van der Waals surface area contributed by atoms with Crippen molar-refractivity contribution in [3.05, 3.63) is 65.8 Å². The molecule has 0 amide bonds. The Labute approximate surface area is 279 Å². The molecule has 0 radical (unpaired) electrons. The van der Waals surface area contributed by atoms with Gasteiger partial charge in [-0.25, -0.2) is 8.42 Å². The lowest BCUT2D eigenvalue weighted by Gasteiger charge is -2.37. The summed E-state index contributed by atoms with van der Waals surface area (Å²) in [6.07, 6.45) is 1.88. The summed E-state index contributed by atoms with van der Waals surface area (Å²) in [6, 6.07) is 14.1. The Balaban J connectivity index is 0.000000293. The van der Waals surface area contributed by atoms with Crippen LogP contribution in [-0.2, 0) is 36.6 Å². The van der Waals surface area contributed by atoms with Crippen LogP contribution in [0, 0.1) is 23.9 Å². The smallest absolute Gasteiger partial charge is 0.358 e. The summed E-state index contributed by atoms with van der Waals surface area (Å²) >= 11 is -0.277. The molecule has 246 valence electrons. The second-order valence-electron chi connectivity index (χ2n) is 17.8. The first-order valence-electron chi connectivity index (χ1n) is 16.0. The average Bonchev–Trinajstić information content (AvgIpc) is 3.15. The maximum atomic E-state index is 11.8. The molecule has 2 aromatic rings. The molecule has 2 unspecified atom stereocenters. The van der Waals surface area contributed by atoms with Crippen LogP contribution in [0.3, 0.4) is 0 Å². The van der Waals surface area contributed by atoms with Crippen LogP contribution in [0.4, 0.5) is 0 Å². The van der Waals surface area contributed by atoms with Crippen LogP contribution in [0.25, 0.3) is 0 Å². The fraction of sp³-hybridized carbons (Fsp3) is 0.658. The molecule has 4 rings (SSSR count). The predicted molar refractivity (Wildman–Crippen MR) is 178 cm³/mol. The fourth-order valence-corrected chi connectivity index (χ4v) is 12.9. The van der Waals surface area contributed by atoms with Gasteiger partial charge < -0.3 is 4.55 Å². The quantitative estimate of drug-likeness (QED) is 0.288. The van der Waals surface area contributed by atoms with E-state index in [1.165, 1.54) is 11.1 Å². The number of hydrogen-bond acceptors (Lipinski definition) is 4. The average molecular weight is 737 g/mol. The van der Waals surface area contributed by atoms with Gasteiger partial charge in [0.1, 0.15) is 5.78 Å². The predicted octanol–water partition coefficient (Wildman–Crippen LogP) is 5.93. The van der Waals surface area contributed by atoms with Crippen LogP contribution >= 0.6 is 0 Å². The molecule has 0 heterocycles. The molecule has 0 aliphatic heterocycles. The maximum absolute atomic E-state index is 11.8. The van der Waals surface area contributed by atoms with Gasteiger partial charge in [-0.1, -0.05) is 121 Å². The number of halogens is 1. The van der Waals surface area contributed by atoms with Gasteiger partial charge in [0, 0.05) is 23.0 Å². The van der Waals surface area contributed by atoms with Crippen LogP contribution in [0.1, 0.15) is 138 Å². The lowest BCUT2D eigenvalue weighted by molar-refractivity contribution is -0.599. The van der Waals surface area contributed by atoms with Gasteiger partial charge in [-0.3, -0.25) is 4.79 Å². The Kier molecular flexibility index (Phi) is 10.2. The molecule has 2 bridgehead atoms. The summed E-state index contributed by atoms with van der Waals surface area (Å²) in [7, 11) is -4.33. The number of ketones is 1. The largest absolute Gasteiger partial charge is 0.748 e. The standard InChI is InChI=1S/C28H42I.C10H16O4S/c1-25(2,3)19-15-13-17-21(23(19)27(7,8)9)29-22-18-14-16-20(26(4,5)6)24(22)28(10,11)12;1-9(2)7-3-4-10(9,8(11)5-7)6-15(12,13)14/h13-18H,1-12H3;7H,3-6H2,1-2H3,(H,12,13,14)/q+1;/p-1. The molecule has 2 saturated carbocycles. The highest BCUT2D eigenvalue weighted by atomic mass is 127. The lowest BCUT2D eigenvalue weighted by Crippen LogP contribution is -3.62. The van der Waals surface area contributed by atoms with Gasteiger partial charge in [0.05, 0.1) is 15.9 Å². The highest BCUT2D eigenvalue weighted by molar-refractivity contribution is 7.85. The monoisotopic (exact) mass is 736 g/mol. The molecule has 2 fully saturated rings. The van der Waals surface area contributed by atoms with Gasteiger partial charge in [0.25, 0.3) is 0 Å². The van der Waals surface area contributed by atoms with E-state index in [2.05, 4.69) is 119 Å². The molecule has 2 aromatic carbocycles. The minimum absolute atomic E-state index is 0.0248. The normalized spacial score (nSPS) is 22.2. The van der Waals surface area contributed by atoms with Gasteiger partial charge >= 0.3 is 21.2 Å². The van der Waals surface area contributed by atoms with Crippen LogP contribution in [0.15, 0.2) is 36.4 Å². The number of benzene rings is 2. The summed E-state index contributed by atoms with van der Waals surface area (Å²) in [4.78, 5) is 11.8. The summed E-state index contributed by atoms with van der Waals surface area (Å²) in [5.41, 5.74) is 5.52. The zero-order valence-corrected chi connectivity index (χ0v) is 32.8. The van der Waals surface area contributed by atoms with Crippen molar-refractivity contribution in [1.29, 1.82) is 0 Å². The molecule has 44 heavy (non-hydrogen) atoms. The van der Waals surface area contributed by atoms with Gasteiger partial charge in [-0.05, 0) is 69.1 Å². The third kappa shape index (κ3) is 7.65. The third-order valence-electron chi connectivity index (χ3n) is 9.91. The number of fused-ring (bicyclic) bond motifs is 2. The van der Waals surface area contributed by atoms with E-state index in [-0.39, 0.29) is 60.0 Å². The molecule has 0 N–H and O–H groups in total. The Hall–Kier alpha value is -1.25. The van der Waals surface area contributed by atoms with Gasteiger partial charge in [-0.2, -0.15) is 0 Å². The van der Waals surface area contributed by atoms with E-state index in [4.69, 9.17) is 0 Å². The van der Waals surface area contributed by atoms with Crippen molar-refractivity contribution in [2.24, 2.45) is 16.7 Å². The Morgan fingerprint density at radius 1 is 0.750 bits per heavy atom. The third-order valence-corrected chi connectivity index (χ3v) is 13.7. The summed E-state index contributed by atoms with van der Waals surface area (Å²) < 4.78 is 35.9. The minimum atomic E-state index is -4.33. The Bertz CT molecular complexity index is 1420. The first-order valence-corrected chi connectivity index (χ1v) is 19.8. The number of Topliss-reactive ketones (excluding diaryl/α,β-unsaturated/α-hetero) is 1. The van der Waals surface area contributed by atoms with E-state index >= 15 is 0 Å². The minimum Gasteiger partial charge on any atom is -0.748 e. The molecule has 4 nitrogen and oxygen atoms in total. The van der Waals surface area contributed by atoms with Crippen molar-refractivity contribution >= 4 is 15.9 Å². The van der Waals surface area contributed by atoms with Crippen molar-refractivity contribution in [3.8, 4) is 0 Å². The highest BCUT2D eigenvalue weighted by Crippen LogP contribution is 2.64. The number of carbonyl (C=O) groups is 1. The summed E-state index contributed by atoms with van der Waals surface area (Å²) in [5, 5.41) is 0. The molecule has 2 atom stereocenters. The zero-order valence-electron chi connectivity index (χ0n) is 29.8. The molecule has 0 aromatic heterocycles. The van der Waals surface area contributed by atoms with Gasteiger partial charge in [0.2, 0.25) is 0 Å². The molecule has 0 spiro atoms. The molecule has 0 saturated heterocycles. The van der Waals surface area contributed by atoms with Crippen molar-refractivity contribution in [1.82, 2.24) is 0 Å². The topological polar surface area (TPSA) is 74.3 Å². The molecular formula is C38H57IO4S. The Morgan fingerprint density at radius 3 is 1.43 bits per heavy atom. The zero-order chi connectivity index (χ0) is 33.9. The SMILES string of the molecule is CC(C)(C)c1cccc([I+]c2cccc(C(C)(C)C)c2C(C)(C)C)c1C(C)(C)C.CC1(C)C2CCC1(CS(=O)(=O)[O-])C(=O)C2. The second-order valence-corrected chi connectivity index (χ2v) is 22.1. The van der Waals surface area contributed by atoms with E-state index in [0.29, 0.717) is 12.8 Å². The summed E-state index contributed by atoms with van der Waals surface area (Å²) in [6.45, 7) is 32.2. The van der Waals surface area contributed by atoms with Gasteiger partial charge in [0.15, 0.2) is 7.14 Å². The van der Waals surface area contributed by atoms with Crippen molar-refractivity contribution < 1.29 is 39.0 Å².